The van der Waals surface area contributed by atoms with Gasteiger partial charge in [-0.2, -0.15) is 0 Å². The maximum absolute atomic E-state index is 5.84. The Balaban J connectivity index is 1.41. The first-order valence-electron chi connectivity index (χ1n) is 7.60. The molecule has 0 bridgehead atoms. The van der Waals surface area contributed by atoms with Gasteiger partial charge in [0, 0.05) is 0 Å². The molecule has 6 nitrogen and oxygen atoms in total. The van der Waals surface area contributed by atoms with Gasteiger partial charge in [-0.05, 0) is 29.8 Å². The molecule has 4 rings (SSSR count). The Kier molecular flexibility index (Phi) is 4.05. The molecule has 0 aromatic heterocycles. The molecule has 3 aliphatic rings. The standard InChI is InChI=1S/C17H18O6/c1-2-15-20-10-14(21-15)17-22-12-5-3-11(9-13(12)23-17)4-6-16-18-7-8-19-16/h2-6,9,14-17H,1,7-8,10H2/b6-4+/t14?,15?,17-/m1/s1. The maximum atomic E-state index is 5.84. The Bertz CT molecular complexity index is 607. The largest absolute Gasteiger partial charge is 0.448 e. The average molecular weight is 318 g/mol. The van der Waals surface area contributed by atoms with Crippen molar-refractivity contribution in [2.75, 3.05) is 19.8 Å². The van der Waals surface area contributed by atoms with E-state index in [9.17, 15) is 0 Å². The van der Waals surface area contributed by atoms with E-state index in [0.717, 1.165) is 5.56 Å². The van der Waals surface area contributed by atoms with Crippen LogP contribution in [0.5, 0.6) is 11.5 Å². The molecule has 0 radical (unpaired) electrons. The van der Waals surface area contributed by atoms with Crippen LogP contribution in [0.2, 0.25) is 0 Å². The Labute approximate surface area is 134 Å². The van der Waals surface area contributed by atoms with E-state index in [0.29, 0.717) is 31.3 Å². The van der Waals surface area contributed by atoms with Crippen molar-refractivity contribution in [2.24, 2.45) is 0 Å². The summed E-state index contributed by atoms with van der Waals surface area (Å²) in [6, 6.07) is 5.75. The number of fused-ring (bicyclic) bond motifs is 1. The summed E-state index contributed by atoms with van der Waals surface area (Å²) in [5.41, 5.74) is 0.986. The van der Waals surface area contributed by atoms with Crippen molar-refractivity contribution in [3.8, 4) is 11.5 Å². The average Bonchev–Trinajstić information content (AvgIpc) is 3.30. The summed E-state index contributed by atoms with van der Waals surface area (Å²) >= 11 is 0. The number of hydrogen-bond acceptors (Lipinski definition) is 6. The number of benzene rings is 1. The van der Waals surface area contributed by atoms with Crippen LogP contribution < -0.4 is 9.47 Å². The molecule has 2 unspecified atom stereocenters. The zero-order chi connectivity index (χ0) is 15.6. The smallest absolute Gasteiger partial charge is 0.269 e. The molecule has 2 saturated heterocycles. The van der Waals surface area contributed by atoms with Gasteiger partial charge in [0.05, 0.1) is 19.8 Å². The minimum absolute atomic E-state index is 0.270. The summed E-state index contributed by atoms with van der Waals surface area (Å²) in [7, 11) is 0. The van der Waals surface area contributed by atoms with Gasteiger partial charge >= 0.3 is 0 Å². The normalized spacial score (nSPS) is 30.3. The van der Waals surface area contributed by atoms with Crippen LogP contribution in [0.15, 0.2) is 36.9 Å². The minimum atomic E-state index is -0.504. The topological polar surface area (TPSA) is 55.4 Å². The maximum Gasteiger partial charge on any atom is 0.269 e. The molecule has 0 amide bonds. The fraction of sp³-hybridized carbons (Fsp3) is 0.412. The predicted molar refractivity (Wildman–Crippen MR) is 81.0 cm³/mol. The highest BCUT2D eigenvalue weighted by Crippen LogP contribution is 2.38. The Morgan fingerprint density at radius 3 is 2.61 bits per heavy atom. The second kappa shape index (κ2) is 6.33. The highest BCUT2D eigenvalue weighted by Gasteiger charge is 2.38. The Hall–Kier alpha value is -1.86. The lowest BCUT2D eigenvalue weighted by Gasteiger charge is -2.15. The minimum Gasteiger partial charge on any atom is -0.448 e. The van der Waals surface area contributed by atoms with Crippen molar-refractivity contribution < 1.29 is 28.4 Å². The van der Waals surface area contributed by atoms with Gasteiger partial charge in [-0.3, -0.25) is 0 Å². The molecule has 2 fully saturated rings. The molecule has 3 atom stereocenters. The van der Waals surface area contributed by atoms with E-state index in [4.69, 9.17) is 28.4 Å². The van der Waals surface area contributed by atoms with Crippen LogP contribution in [0.25, 0.3) is 6.08 Å². The summed E-state index contributed by atoms with van der Waals surface area (Å²) < 4.78 is 33.4. The molecule has 0 spiro atoms. The van der Waals surface area contributed by atoms with Gasteiger partial charge in [0.2, 0.25) is 0 Å². The third-order valence-corrected chi connectivity index (χ3v) is 3.78. The zero-order valence-corrected chi connectivity index (χ0v) is 12.6. The fourth-order valence-corrected chi connectivity index (χ4v) is 2.63. The SMILES string of the molecule is C=CC1OCC([C@@H]2Oc3ccc(/C=C/C4OCCO4)cc3O2)O1. The van der Waals surface area contributed by atoms with Gasteiger partial charge in [-0.15, -0.1) is 0 Å². The van der Waals surface area contributed by atoms with Crippen molar-refractivity contribution >= 4 is 6.08 Å². The lowest BCUT2D eigenvalue weighted by Crippen LogP contribution is -2.35. The molecule has 3 aliphatic heterocycles. The van der Waals surface area contributed by atoms with Gasteiger partial charge < -0.3 is 28.4 Å². The van der Waals surface area contributed by atoms with E-state index in [-0.39, 0.29) is 12.4 Å². The van der Waals surface area contributed by atoms with Crippen LogP contribution in [0.1, 0.15) is 5.56 Å². The number of rotatable bonds is 4. The molecule has 0 aliphatic carbocycles. The molecule has 23 heavy (non-hydrogen) atoms. The summed E-state index contributed by atoms with van der Waals surface area (Å²) in [5.74, 6) is 1.39. The Morgan fingerprint density at radius 1 is 1.00 bits per heavy atom. The number of hydrogen-bond donors (Lipinski definition) is 0. The molecule has 1 aromatic carbocycles. The third kappa shape index (κ3) is 3.11. The van der Waals surface area contributed by atoms with E-state index in [2.05, 4.69) is 6.58 Å². The highest BCUT2D eigenvalue weighted by atomic mass is 16.8. The van der Waals surface area contributed by atoms with Crippen LogP contribution in [-0.4, -0.2) is 44.8 Å². The van der Waals surface area contributed by atoms with Gasteiger partial charge in [0.15, 0.2) is 30.2 Å². The van der Waals surface area contributed by atoms with Crippen molar-refractivity contribution in [1.29, 1.82) is 0 Å². The van der Waals surface area contributed by atoms with Crippen LogP contribution >= 0.6 is 0 Å². The van der Waals surface area contributed by atoms with Crippen LogP contribution in [0, 0.1) is 0 Å². The monoisotopic (exact) mass is 318 g/mol. The molecule has 3 heterocycles. The lowest BCUT2D eigenvalue weighted by atomic mass is 10.2. The second-order valence-corrected chi connectivity index (χ2v) is 5.39. The molecular formula is C17H18O6. The van der Waals surface area contributed by atoms with Gasteiger partial charge in [-0.1, -0.05) is 18.7 Å². The second-order valence-electron chi connectivity index (χ2n) is 5.39. The quantitative estimate of drug-likeness (QED) is 0.793. The predicted octanol–water partition coefficient (Wildman–Crippen LogP) is 2.10. The lowest BCUT2D eigenvalue weighted by molar-refractivity contribution is -0.0895. The van der Waals surface area contributed by atoms with Gasteiger partial charge in [-0.25, -0.2) is 0 Å². The van der Waals surface area contributed by atoms with E-state index in [1.54, 1.807) is 6.08 Å². The van der Waals surface area contributed by atoms with E-state index in [1.165, 1.54) is 0 Å². The molecule has 0 saturated carbocycles. The Morgan fingerprint density at radius 2 is 1.83 bits per heavy atom. The van der Waals surface area contributed by atoms with Crippen LogP contribution in [-0.2, 0) is 18.9 Å². The highest BCUT2D eigenvalue weighted by molar-refractivity contribution is 5.57. The van der Waals surface area contributed by atoms with Crippen molar-refractivity contribution in [3.63, 3.8) is 0 Å². The van der Waals surface area contributed by atoms with Crippen molar-refractivity contribution in [3.05, 3.63) is 42.5 Å². The molecule has 6 heteroatoms. The fourth-order valence-electron chi connectivity index (χ4n) is 2.63. The number of ether oxygens (including phenoxy) is 6. The first-order valence-corrected chi connectivity index (χ1v) is 7.60. The first-order chi connectivity index (χ1) is 11.3. The van der Waals surface area contributed by atoms with Crippen molar-refractivity contribution in [1.82, 2.24) is 0 Å². The summed E-state index contributed by atoms with van der Waals surface area (Å²) in [6.07, 6.45) is 3.98. The molecular weight excluding hydrogens is 300 g/mol. The van der Waals surface area contributed by atoms with E-state index in [1.807, 2.05) is 30.4 Å². The van der Waals surface area contributed by atoms with Crippen LogP contribution in [0.3, 0.4) is 0 Å². The van der Waals surface area contributed by atoms with Crippen molar-refractivity contribution in [2.45, 2.75) is 25.0 Å². The molecule has 1 aromatic rings. The third-order valence-electron chi connectivity index (χ3n) is 3.78. The van der Waals surface area contributed by atoms with E-state index < -0.39 is 12.6 Å². The summed E-state index contributed by atoms with van der Waals surface area (Å²) in [4.78, 5) is 0. The van der Waals surface area contributed by atoms with Gasteiger partial charge in [0.1, 0.15) is 0 Å². The zero-order valence-electron chi connectivity index (χ0n) is 12.6. The molecule has 122 valence electrons. The summed E-state index contributed by atoms with van der Waals surface area (Å²) in [5, 5.41) is 0. The summed E-state index contributed by atoms with van der Waals surface area (Å²) in [6.45, 7) is 5.33. The van der Waals surface area contributed by atoms with Gasteiger partial charge in [0.25, 0.3) is 6.29 Å². The van der Waals surface area contributed by atoms with E-state index >= 15 is 0 Å². The molecule has 0 N–H and O–H groups in total. The first kappa shape index (κ1) is 14.7. The van der Waals surface area contributed by atoms with Crippen LogP contribution in [0.4, 0.5) is 0 Å².